The molecule has 27 heavy (non-hydrogen) atoms. The maximum Gasteiger partial charge on any atom is 0.307 e. The van der Waals surface area contributed by atoms with E-state index in [1.165, 1.54) is 0 Å². The Morgan fingerprint density at radius 2 is 1.81 bits per heavy atom. The zero-order chi connectivity index (χ0) is 19.6. The van der Waals surface area contributed by atoms with Gasteiger partial charge in [0.05, 0.1) is 25.8 Å². The Kier molecular flexibility index (Phi) is 5.22. The number of amides is 1. The monoisotopic (exact) mass is 367 g/mol. The third kappa shape index (κ3) is 4.30. The number of esters is 1. The van der Waals surface area contributed by atoms with E-state index >= 15 is 0 Å². The molecule has 0 saturated heterocycles. The number of rotatable bonds is 5. The van der Waals surface area contributed by atoms with E-state index in [9.17, 15) is 9.59 Å². The summed E-state index contributed by atoms with van der Waals surface area (Å²) in [5.74, 6) is 0.0144. The van der Waals surface area contributed by atoms with Crippen LogP contribution in [-0.2, 0) is 20.9 Å². The number of nitrogens with zero attached hydrogens (tertiary/aromatic N) is 1. The van der Waals surface area contributed by atoms with Crippen molar-refractivity contribution in [2.24, 2.45) is 5.41 Å². The van der Waals surface area contributed by atoms with Crippen molar-refractivity contribution < 1.29 is 19.1 Å². The molecular weight excluding hydrogens is 342 g/mol. The van der Waals surface area contributed by atoms with Crippen molar-refractivity contribution in [2.45, 2.75) is 39.8 Å². The molecule has 0 unspecified atom stereocenters. The summed E-state index contributed by atoms with van der Waals surface area (Å²) in [6.45, 7) is 6.31. The van der Waals surface area contributed by atoms with E-state index in [0.717, 1.165) is 11.3 Å². The molecule has 1 aliphatic rings. The summed E-state index contributed by atoms with van der Waals surface area (Å²) in [7, 11) is 1.57. The van der Waals surface area contributed by atoms with Crippen molar-refractivity contribution >= 4 is 17.6 Å². The molecule has 142 valence electrons. The number of fused-ring (bicyclic) bond motifs is 1. The van der Waals surface area contributed by atoms with Gasteiger partial charge in [-0.15, -0.1) is 0 Å². The minimum atomic E-state index is -0.936. The van der Waals surface area contributed by atoms with Crippen molar-refractivity contribution in [3.8, 4) is 5.75 Å². The molecule has 0 saturated carbocycles. The van der Waals surface area contributed by atoms with Crippen molar-refractivity contribution in [2.75, 3.05) is 12.0 Å². The molecule has 0 bridgehead atoms. The molecule has 1 amide bonds. The molecule has 0 N–H and O–H groups in total. The first-order valence-electron chi connectivity index (χ1n) is 9.01. The van der Waals surface area contributed by atoms with Crippen molar-refractivity contribution in [3.63, 3.8) is 0 Å². The van der Waals surface area contributed by atoms with Gasteiger partial charge in [0.15, 0.2) is 0 Å². The Balaban J connectivity index is 1.90. The van der Waals surface area contributed by atoms with Gasteiger partial charge < -0.3 is 14.4 Å². The van der Waals surface area contributed by atoms with E-state index < -0.39 is 6.10 Å². The molecule has 0 spiro atoms. The van der Waals surface area contributed by atoms with E-state index in [4.69, 9.17) is 9.47 Å². The van der Waals surface area contributed by atoms with Gasteiger partial charge in [-0.1, -0.05) is 51.1 Å². The first-order chi connectivity index (χ1) is 12.8. The molecule has 0 radical (unpaired) electrons. The number of methoxy groups -OCH3 is 1. The van der Waals surface area contributed by atoms with E-state index in [1.807, 2.05) is 63.2 Å². The van der Waals surface area contributed by atoms with Crippen LogP contribution in [0.1, 0.15) is 44.4 Å². The second-order valence-electron chi connectivity index (χ2n) is 7.94. The SMILES string of the molecule is COc1ccc2c(c1)[C@@H](OC(=O)CC(C)(C)C)C(=O)N2Cc1ccccc1. The number of ether oxygens (including phenoxy) is 2. The molecule has 5 heteroatoms. The van der Waals surface area contributed by atoms with Crippen molar-refractivity contribution in [3.05, 3.63) is 59.7 Å². The van der Waals surface area contributed by atoms with E-state index in [2.05, 4.69) is 0 Å². The summed E-state index contributed by atoms with van der Waals surface area (Å²) >= 11 is 0. The van der Waals surface area contributed by atoms with Gasteiger partial charge in [0, 0.05) is 5.56 Å². The predicted molar refractivity (Wildman–Crippen MR) is 104 cm³/mol. The van der Waals surface area contributed by atoms with Gasteiger partial charge in [-0.25, -0.2) is 0 Å². The zero-order valence-corrected chi connectivity index (χ0v) is 16.2. The third-order valence-corrected chi connectivity index (χ3v) is 4.41. The predicted octanol–water partition coefficient (Wildman–Crippen LogP) is 4.26. The average Bonchev–Trinajstić information content (AvgIpc) is 2.86. The summed E-state index contributed by atoms with van der Waals surface area (Å²) in [5.41, 5.74) is 2.21. The Hall–Kier alpha value is -2.82. The smallest absolute Gasteiger partial charge is 0.307 e. The summed E-state index contributed by atoms with van der Waals surface area (Å²) in [6, 6.07) is 15.2. The number of anilines is 1. The number of benzene rings is 2. The number of carbonyl (C=O) groups excluding carboxylic acids is 2. The molecule has 3 rings (SSSR count). The molecule has 2 aromatic carbocycles. The fourth-order valence-electron chi connectivity index (χ4n) is 3.16. The van der Waals surface area contributed by atoms with Crippen molar-refractivity contribution in [1.29, 1.82) is 0 Å². The van der Waals surface area contributed by atoms with Gasteiger partial charge in [0.1, 0.15) is 5.75 Å². The Labute approximate surface area is 159 Å². The lowest BCUT2D eigenvalue weighted by atomic mass is 9.92. The summed E-state index contributed by atoms with van der Waals surface area (Å²) < 4.78 is 10.9. The Bertz CT molecular complexity index is 839. The average molecular weight is 367 g/mol. The van der Waals surface area contributed by atoms with Crippen LogP contribution in [0.25, 0.3) is 0 Å². The van der Waals surface area contributed by atoms with Gasteiger partial charge in [0.2, 0.25) is 6.10 Å². The second kappa shape index (κ2) is 7.43. The lowest BCUT2D eigenvalue weighted by molar-refractivity contribution is -0.156. The molecule has 1 aliphatic heterocycles. The zero-order valence-electron chi connectivity index (χ0n) is 16.2. The Morgan fingerprint density at radius 1 is 1.11 bits per heavy atom. The topological polar surface area (TPSA) is 55.8 Å². The standard InChI is InChI=1S/C22H25NO4/c1-22(2,3)13-19(24)27-20-17-12-16(26-4)10-11-18(17)23(21(20)25)14-15-8-6-5-7-9-15/h5-12,20H,13-14H2,1-4H3/t20-/m1/s1. The lowest BCUT2D eigenvalue weighted by Gasteiger charge is -2.20. The molecule has 5 nitrogen and oxygen atoms in total. The largest absolute Gasteiger partial charge is 0.497 e. The van der Waals surface area contributed by atoms with Crippen LogP contribution in [0, 0.1) is 5.41 Å². The van der Waals surface area contributed by atoms with Crippen LogP contribution in [0.15, 0.2) is 48.5 Å². The molecule has 0 aliphatic carbocycles. The minimum absolute atomic E-state index is 0.209. The van der Waals surface area contributed by atoms with Crippen LogP contribution in [-0.4, -0.2) is 19.0 Å². The summed E-state index contributed by atoms with van der Waals surface area (Å²) in [6.07, 6.45) is -0.692. The highest BCUT2D eigenvalue weighted by Crippen LogP contribution is 2.41. The molecule has 1 heterocycles. The summed E-state index contributed by atoms with van der Waals surface area (Å²) in [4.78, 5) is 27.1. The highest BCUT2D eigenvalue weighted by atomic mass is 16.5. The van der Waals surface area contributed by atoms with Crippen LogP contribution in [0.2, 0.25) is 0 Å². The maximum atomic E-state index is 13.1. The normalized spacial score (nSPS) is 16.2. The highest BCUT2D eigenvalue weighted by Gasteiger charge is 2.40. The van der Waals surface area contributed by atoms with Crippen LogP contribution in [0.4, 0.5) is 5.69 Å². The van der Waals surface area contributed by atoms with E-state index in [1.54, 1.807) is 18.1 Å². The minimum Gasteiger partial charge on any atom is -0.497 e. The fourth-order valence-corrected chi connectivity index (χ4v) is 3.16. The molecule has 1 atom stereocenters. The lowest BCUT2D eigenvalue weighted by Crippen LogP contribution is -2.30. The molecule has 0 fully saturated rings. The van der Waals surface area contributed by atoms with Gasteiger partial charge in [-0.05, 0) is 29.2 Å². The second-order valence-corrected chi connectivity index (χ2v) is 7.94. The number of hydrogen-bond acceptors (Lipinski definition) is 4. The highest BCUT2D eigenvalue weighted by molar-refractivity contribution is 6.05. The first kappa shape index (κ1) is 19.0. The van der Waals surface area contributed by atoms with Crippen molar-refractivity contribution in [1.82, 2.24) is 0 Å². The van der Waals surface area contributed by atoms with Crippen LogP contribution in [0.3, 0.4) is 0 Å². The van der Waals surface area contributed by atoms with E-state index in [-0.39, 0.29) is 23.7 Å². The quantitative estimate of drug-likeness (QED) is 0.741. The third-order valence-electron chi connectivity index (χ3n) is 4.41. The molecular formula is C22H25NO4. The van der Waals surface area contributed by atoms with Crippen LogP contribution < -0.4 is 9.64 Å². The molecule has 2 aromatic rings. The molecule has 0 aromatic heterocycles. The number of carbonyl (C=O) groups is 2. The Morgan fingerprint density at radius 3 is 2.44 bits per heavy atom. The van der Waals surface area contributed by atoms with Gasteiger partial charge in [-0.3, -0.25) is 9.59 Å². The number of hydrogen-bond donors (Lipinski definition) is 0. The maximum absolute atomic E-state index is 13.1. The first-order valence-corrected chi connectivity index (χ1v) is 9.01. The summed E-state index contributed by atoms with van der Waals surface area (Å²) in [5, 5.41) is 0. The van der Waals surface area contributed by atoms with Gasteiger partial charge in [-0.2, -0.15) is 0 Å². The van der Waals surface area contributed by atoms with Crippen LogP contribution >= 0.6 is 0 Å². The van der Waals surface area contributed by atoms with E-state index in [0.29, 0.717) is 17.9 Å². The van der Waals surface area contributed by atoms with Crippen LogP contribution in [0.5, 0.6) is 5.75 Å². The van der Waals surface area contributed by atoms with Gasteiger partial charge >= 0.3 is 5.97 Å². The fraction of sp³-hybridized carbons (Fsp3) is 0.364. The van der Waals surface area contributed by atoms with Gasteiger partial charge in [0.25, 0.3) is 5.91 Å².